The van der Waals surface area contributed by atoms with Crippen LogP contribution >= 0.6 is 0 Å². The maximum absolute atomic E-state index is 12.3. The molecule has 0 radical (unpaired) electrons. The van der Waals surface area contributed by atoms with E-state index in [1.807, 2.05) is 0 Å². The van der Waals surface area contributed by atoms with Gasteiger partial charge >= 0.3 is 0 Å². The lowest BCUT2D eigenvalue weighted by Gasteiger charge is -2.34. The van der Waals surface area contributed by atoms with Gasteiger partial charge in [-0.1, -0.05) is 0 Å². The van der Waals surface area contributed by atoms with Crippen molar-refractivity contribution in [2.24, 2.45) is 5.92 Å². The molecule has 3 N–H and O–H groups in total. The van der Waals surface area contributed by atoms with Crippen LogP contribution in [0.1, 0.15) is 23.2 Å². The first-order chi connectivity index (χ1) is 9.01. The molecule has 5 nitrogen and oxygen atoms in total. The van der Waals surface area contributed by atoms with Crippen molar-refractivity contribution < 1.29 is 14.6 Å². The van der Waals surface area contributed by atoms with Crippen LogP contribution in [0.5, 0.6) is 5.75 Å². The van der Waals surface area contributed by atoms with Gasteiger partial charge in [-0.25, -0.2) is 0 Å². The van der Waals surface area contributed by atoms with Crippen molar-refractivity contribution in [1.82, 2.24) is 4.90 Å². The Kier molecular flexibility index (Phi) is 3.95. The second kappa shape index (κ2) is 5.48. The summed E-state index contributed by atoms with van der Waals surface area (Å²) < 4.78 is 5.19. The smallest absolute Gasteiger partial charge is 0.257 e. The molecule has 0 aliphatic heterocycles. The molecule has 1 aromatic carbocycles. The van der Waals surface area contributed by atoms with Gasteiger partial charge in [-0.15, -0.1) is 0 Å². The fourth-order valence-electron chi connectivity index (χ4n) is 2.41. The molecule has 1 saturated carbocycles. The van der Waals surface area contributed by atoms with Gasteiger partial charge in [-0.3, -0.25) is 4.79 Å². The Morgan fingerprint density at radius 3 is 2.79 bits per heavy atom. The van der Waals surface area contributed by atoms with Crippen LogP contribution in [0.15, 0.2) is 18.2 Å². The molecular weight excluding hydrogens is 244 g/mol. The number of nitrogen functional groups attached to an aromatic ring is 1. The number of anilines is 1. The quantitative estimate of drug-likeness (QED) is 0.799. The number of aliphatic hydroxyl groups excluding tert-OH is 1. The zero-order valence-electron chi connectivity index (χ0n) is 11.3. The number of nitrogens with two attached hydrogens (primary N) is 1. The highest BCUT2D eigenvalue weighted by molar-refractivity contribution is 5.97. The van der Waals surface area contributed by atoms with Crippen LogP contribution in [0.2, 0.25) is 0 Å². The number of amides is 1. The number of methoxy groups -OCH3 is 1. The van der Waals surface area contributed by atoms with Gasteiger partial charge in [-0.2, -0.15) is 0 Å². The van der Waals surface area contributed by atoms with Gasteiger partial charge in [0.25, 0.3) is 5.91 Å². The lowest BCUT2D eigenvalue weighted by Crippen LogP contribution is -2.39. The first-order valence-corrected chi connectivity index (χ1v) is 6.38. The van der Waals surface area contributed by atoms with Gasteiger partial charge in [-0.05, 0) is 30.9 Å². The van der Waals surface area contributed by atoms with Crippen LogP contribution in [0.3, 0.4) is 0 Å². The lowest BCUT2D eigenvalue weighted by atomic mass is 9.82. The third-order valence-electron chi connectivity index (χ3n) is 3.55. The minimum Gasteiger partial charge on any atom is -0.496 e. The third-order valence-corrected chi connectivity index (χ3v) is 3.55. The van der Waals surface area contributed by atoms with Crippen molar-refractivity contribution in [3.63, 3.8) is 0 Å². The number of carbonyl (C=O) groups is 1. The second-order valence-corrected chi connectivity index (χ2v) is 5.14. The fraction of sp³-hybridized carbons (Fsp3) is 0.500. The molecule has 104 valence electrons. The summed E-state index contributed by atoms with van der Waals surface area (Å²) in [6.45, 7) is 0.656. The Bertz CT molecular complexity index is 470. The molecule has 19 heavy (non-hydrogen) atoms. The van der Waals surface area contributed by atoms with E-state index in [4.69, 9.17) is 10.5 Å². The maximum atomic E-state index is 12.3. The van der Waals surface area contributed by atoms with Crippen LogP contribution in [0, 0.1) is 5.92 Å². The number of benzene rings is 1. The molecule has 0 saturated heterocycles. The molecule has 0 aromatic heterocycles. The SMILES string of the molecule is COc1cc(N)ccc1C(=O)N(C)CC1CC(O)C1. The maximum Gasteiger partial charge on any atom is 0.257 e. The summed E-state index contributed by atoms with van der Waals surface area (Å²) >= 11 is 0. The molecule has 5 heteroatoms. The third kappa shape index (κ3) is 2.98. The van der Waals surface area contributed by atoms with Crippen LogP contribution in [-0.2, 0) is 0 Å². The predicted molar refractivity (Wildman–Crippen MR) is 73.1 cm³/mol. The first-order valence-electron chi connectivity index (χ1n) is 6.38. The zero-order valence-corrected chi connectivity index (χ0v) is 11.3. The van der Waals surface area contributed by atoms with Gasteiger partial charge in [0.05, 0.1) is 18.8 Å². The molecule has 1 aliphatic rings. The van der Waals surface area contributed by atoms with E-state index in [1.165, 1.54) is 7.11 Å². The Hall–Kier alpha value is -1.75. The molecule has 0 heterocycles. The number of nitrogens with zero attached hydrogens (tertiary/aromatic N) is 1. The molecule has 1 amide bonds. The second-order valence-electron chi connectivity index (χ2n) is 5.14. The van der Waals surface area contributed by atoms with Crippen molar-refractivity contribution in [1.29, 1.82) is 0 Å². The summed E-state index contributed by atoms with van der Waals surface area (Å²) in [6.07, 6.45) is 1.35. The summed E-state index contributed by atoms with van der Waals surface area (Å²) in [4.78, 5) is 14.0. The molecule has 0 unspecified atom stereocenters. The highest BCUT2D eigenvalue weighted by Gasteiger charge is 2.29. The fourth-order valence-corrected chi connectivity index (χ4v) is 2.41. The molecule has 0 spiro atoms. The molecule has 1 fully saturated rings. The highest BCUT2D eigenvalue weighted by atomic mass is 16.5. The first kappa shape index (κ1) is 13.7. The molecule has 0 bridgehead atoms. The van der Waals surface area contributed by atoms with Crippen LogP contribution < -0.4 is 10.5 Å². The number of rotatable bonds is 4. The van der Waals surface area contributed by atoms with Gasteiger partial charge in [0.15, 0.2) is 0 Å². The van der Waals surface area contributed by atoms with E-state index < -0.39 is 0 Å². The molecule has 2 rings (SSSR count). The Balaban J connectivity index is 2.06. The highest BCUT2D eigenvalue weighted by Crippen LogP contribution is 2.29. The van der Waals surface area contributed by atoms with Crippen molar-refractivity contribution in [3.8, 4) is 5.75 Å². The molecule has 1 aromatic rings. The topological polar surface area (TPSA) is 75.8 Å². The Morgan fingerprint density at radius 2 is 2.21 bits per heavy atom. The molecular formula is C14H20N2O3. The number of aliphatic hydroxyl groups is 1. The van der Waals surface area contributed by atoms with E-state index in [9.17, 15) is 9.90 Å². The van der Waals surface area contributed by atoms with Crippen molar-refractivity contribution in [2.75, 3.05) is 26.4 Å². The minimum atomic E-state index is -0.195. The van der Waals surface area contributed by atoms with Crippen molar-refractivity contribution in [2.45, 2.75) is 18.9 Å². The standard InChI is InChI=1S/C14H20N2O3/c1-16(8-9-5-11(17)6-9)14(18)12-4-3-10(15)7-13(12)19-2/h3-4,7,9,11,17H,5-6,8,15H2,1-2H3. The minimum absolute atomic E-state index is 0.0850. The summed E-state index contributed by atoms with van der Waals surface area (Å²) in [7, 11) is 3.29. The van der Waals surface area contributed by atoms with Gasteiger partial charge in [0, 0.05) is 25.3 Å². The molecule has 0 atom stereocenters. The Morgan fingerprint density at radius 1 is 1.53 bits per heavy atom. The average molecular weight is 264 g/mol. The number of carbonyl (C=O) groups excluding carboxylic acids is 1. The van der Waals surface area contributed by atoms with E-state index in [0.717, 1.165) is 12.8 Å². The van der Waals surface area contributed by atoms with E-state index in [-0.39, 0.29) is 12.0 Å². The van der Waals surface area contributed by atoms with E-state index in [0.29, 0.717) is 29.5 Å². The summed E-state index contributed by atoms with van der Waals surface area (Å²) in [5.74, 6) is 0.799. The van der Waals surface area contributed by atoms with Crippen molar-refractivity contribution >= 4 is 11.6 Å². The number of ether oxygens (including phenoxy) is 1. The number of hydrogen-bond donors (Lipinski definition) is 2. The normalized spacial score (nSPS) is 21.6. The van der Waals surface area contributed by atoms with Gasteiger partial charge < -0.3 is 20.5 Å². The van der Waals surface area contributed by atoms with Crippen molar-refractivity contribution in [3.05, 3.63) is 23.8 Å². The predicted octanol–water partition coefficient (Wildman–Crippen LogP) is 1.12. The van der Waals surface area contributed by atoms with Crippen LogP contribution in [-0.4, -0.2) is 42.7 Å². The average Bonchev–Trinajstić information content (AvgIpc) is 2.35. The van der Waals surface area contributed by atoms with E-state index in [1.54, 1.807) is 30.1 Å². The van der Waals surface area contributed by atoms with E-state index >= 15 is 0 Å². The molecule has 1 aliphatic carbocycles. The zero-order chi connectivity index (χ0) is 14.0. The van der Waals surface area contributed by atoms with Crippen LogP contribution in [0.25, 0.3) is 0 Å². The Labute approximate surface area is 113 Å². The van der Waals surface area contributed by atoms with E-state index in [2.05, 4.69) is 0 Å². The lowest BCUT2D eigenvalue weighted by molar-refractivity contribution is 0.0264. The van der Waals surface area contributed by atoms with Gasteiger partial charge in [0.2, 0.25) is 0 Å². The number of hydrogen-bond acceptors (Lipinski definition) is 4. The summed E-state index contributed by atoms with van der Waals surface area (Å²) in [5.41, 5.74) is 6.75. The van der Waals surface area contributed by atoms with Gasteiger partial charge in [0.1, 0.15) is 5.75 Å². The largest absolute Gasteiger partial charge is 0.496 e. The summed E-state index contributed by atoms with van der Waals surface area (Å²) in [5, 5.41) is 9.26. The monoisotopic (exact) mass is 264 g/mol. The van der Waals surface area contributed by atoms with Crippen LogP contribution in [0.4, 0.5) is 5.69 Å². The summed E-state index contributed by atoms with van der Waals surface area (Å²) in [6, 6.07) is 5.02.